The molecule has 37 heavy (non-hydrogen) atoms. The number of carbonyl (C=O) groups is 1. The van der Waals surface area contributed by atoms with Gasteiger partial charge >= 0.3 is 6.03 Å². The van der Waals surface area contributed by atoms with Crippen LogP contribution in [0.15, 0.2) is 54.6 Å². The lowest BCUT2D eigenvalue weighted by Gasteiger charge is -2.36. The van der Waals surface area contributed by atoms with Gasteiger partial charge in [0, 0.05) is 53.6 Å². The molecule has 1 saturated heterocycles. The molecule has 0 saturated carbocycles. The maximum atomic E-state index is 13.3. The van der Waals surface area contributed by atoms with Gasteiger partial charge in [-0.25, -0.2) is 13.6 Å². The van der Waals surface area contributed by atoms with E-state index in [1.807, 2.05) is 62.4 Å². The highest BCUT2D eigenvalue weighted by Gasteiger charge is 2.41. The predicted molar refractivity (Wildman–Crippen MR) is 139 cm³/mol. The van der Waals surface area contributed by atoms with Crippen molar-refractivity contribution < 1.29 is 13.6 Å². The molecular formula is C28H28F2N6O. The summed E-state index contributed by atoms with van der Waals surface area (Å²) in [6, 6.07) is 17.4. The second-order valence-electron chi connectivity index (χ2n) is 10.0. The third kappa shape index (κ3) is 4.44. The van der Waals surface area contributed by atoms with Crippen LogP contribution in [0, 0.1) is 13.8 Å². The standard InChI is InChI=1S/C28H28F2N6O/c1-16-8-19(9-17(2)31-16)27-21-10-20-12-36(28(37)32-23(20)11-24(21)33-34-27)25-14-35(15-26(29)30)13-22(25)18-6-4-3-5-7-18/h3-11,22,25-26H,12-15H2,1-2H3,(H,32,37)(H,33,34)/t22-,25+/m0/s1. The Bertz CT molecular complexity index is 1450. The van der Waals surface area contributed by atoms with Gasteiger partial charge in [0.05, 0.1) is 18.1 Å². The number of alkyl halides is 2. The minimum Gasteiger partial charge on any atom is -0.315 e. The van der Waals surface area contributed by atoms with E-state index in [4.69, 9.17) is 0 Å². The molecule has 0 aliphatic carbocycles. The molecule has 190 valence electrons. The van der Waals surface area contributed by atoms with Crippen molar-refractivity contribution in [3.63, 3.8) is 0 Å². The highest BCUT2D eigenvalue weighted by molar-refractivity contribution is 6.00. The topological polar surface area (TPSA) is 77.2 Å². The van der Waals surface area contributed by atoms with Crippen LogP contribution in [0.4, 0.5) is 19.3 Å². The summed E-state index contributed by atoms with van der Waals surface area (Å²) in [6.45, 7) is 4.91. The van der Waals surface area contributed by atoms with Crippen LogP contribution in [0.3, 0.4) is 0 Å². The first-order chi connectivity index (χ1) is 17.9. The average molecular weight is 503 g/mol. The summed E-state index contributed by atoms with van der Waals surface area (Å²) in [5.74, 6) is -0.0526. The largest absolute Gasteiger partial charge is 0.322 e. The van der Waals surface area contributed by atoms with Gasteiger partial charge < -0.3 is 10.2 Å². The lowest BCUT2D eigenvalue weighted by molar-refractivity contribution is 0.0954. The normalized spacial score (nSPS) is 20.0. The molecule has 1 fully saturated rings. The number of rotatable bonds is 5. The number of hydrogen-bond acceptors (Lipinski definition) is 4. The number of benzene rings is 2. The van der Waals surface area contributed by atoms with E-state index < -0.39 is 6.43 Å². The zero-order valence-corrected chi connectivity index (χ0v) is 20.7. The van der Waals surface area contributed by atoms with Gasteiger partial charge in [0.25, 0.3) is 6.43 Å². The molecule has 2 aliphatic rings. The van der Waals surface area contributed by atoms with Gasteiger partial charge in [0.2, 0.25) is 0 Å². The van der Waals surface area contributed by atoms with E-state index in [9.17, 15) is 13.6 Å². The average Bonchev–Trinajstić information content (AvgIpc) is 3.45. The Morgan fingerprint density at radius 1 is 1.05 bits per heavy atom. The van der Waals surface area contributed by atoms with Gasteiger partial charge in [-0.1, -0.05) is 30.3 Å². The summed E-state index contributed by atoms with van der Waals surface area (Å²) in [5, 5.41) is 11.7. The first-order valence-electron chi connectivity index (χ1n) is 12.5. The van der Waals surface area contributed by atoms with Crippen molar-refractivity contribution in [1.29, 1.82) is 0 Å². The number of nitrogens with zero attached hydrogens (tertiary/aromatic N) is 4. The van der Waals surface area contributed by atoms with E-state index in [0.29, 0.717) is 19.6 Å². The van der Waals surface area contributed by atoms with Crippen molar-refractivity contribution in [3.8, 4) is 11.3 Å². The summed E-state index contributed by atoms with van der Waals surface area (Å²) in [7, 11) is 0. The van der Waals surface area contributed by atoms with Crippen LogP contribution in [0.25, 0.3) is 22.2 Å². The highest BCUT2D eigenvalue weighted by Crippen LogP contribution is 2.38. The lowest BCUT2D eigenvalue weighted by atomic mass is 9.92. The monoisotopic (exact) mass is 502 g/mol. The van der Waals surface area contributed by atoms with Crippen LogP contribution < -0.4 is 5.32 Å². The van der Waals surface area contributed by atoms with Crippen LogP contribution in [-0.4, -0.2) is 63.1 Å². The number of halogens is 2. The van der Waals surface area contributed by atoms with Gasteiger partial charge in [-0.15, -0.1) is 0 Å². The second kappa shape index (κ2) is 9.23. The molecule has 0 radical (unpaired) electrons. The molecule has 4 heterocycles. The molecule has 0 spiro atoms. The van der Waals surface area contributed by atoms with Crippen LogP contribution in [0.5, 0.6) is 0 Å². The molecule has 2 aromatic heterocycles. The number of carbonyl (C=O) groups excluding carboxylic acids is 1. The molecule has 4 aromatic rings. The van der Waals surface area contributed by atoms with E-state index in [0.717, 1.165) is 50.4 Å². The Morgan fingerprint density at radius 3 is 2.54 bits per heavy atom. The quantitative estimate of drug-likeness (QED) is 0.387. The Hall–Kier alpha value is -3.85. The molecule has 2 N–H and O–H groups in total. The Labute approximate surface area is 213 Å². The van der Waals surface area contributed by atoms with Crippen LogP contribution >= 0.6 is 0 Å². The number of H-pyrrole nitrogens is 1. The molecule has 2 aliphatic heterocycles. The Kier molecular flexibility index (Phi) is 5.87. The van der Waals surface area contributed by atoms with Gasteiger partial charge in [-0.05, 0) is 49.2 Å². The van der Waals surface area contributed by atoms with Gasteiger partial charge in [-0.3, -0.25) is 15.0 Å². The van der Waals surface area contributed by atoms with E-state index in [1.165, 1.54) is 0 Å². The summed E-state index contributed by atoms with van der Waals surface area (Å²) in [6.07, 6.45) is -2.42. The number of anilines is 1. The third-order valence-corrected chi connectivity index (χ3v) is 7.37. The summed E-state index contributed by atoms with van der Waals surface area (Å²) >= 11 is 0. The number of hydrogen-bond donors (Lipinski definition) is 2. The lowest BCUT2D eigenvalue weighted by Crippen LogP contribution is -2.48. The van der Waals surface area contributed by atoms with Crippen molar-refractivity contribution in [1.82, 2.24) is 25.0 Å². The number of nitrogens with one attached hydrogen (secondary N) is 2. The maximum absolute atomic E-state index is 13.3. The van der Waals surface area contributed by atoms with Crippen molar-refractivity contribution in [3.05, 3.63) is 77.1 Å². The molecule has 2 atom stereocenters. The molecule has 0 unspecified atom stereocenters. The minimum atomic E-state index is -2.42. The summed E-state index contributed by atoms with van der Waals surface area (Å²) < 4.78 is 26.5. The van der Waals surface area contributed by atoms with E-state index in [-0.39, 0.29) is 24.5 Å². The zero-order valence-electron chi connectivity index (χ0n) is 20.7. The Balaban J connectivity index is 1.36. The van der Waals surface area contributed by atoms with Crippen molar-refractivity contribution in [2.45, 2.75) is 38.8 Å². The molecule has 6 rings (SSSR count). The Morgan fingerprint density at radius 2 is 1.81 bits per heavy atom. The molecule has 2 aromatic carbocycles. The number of pyridine rings is 1. The third-order valence-electron chi connectivity index (χ3n) is 7.37. The summed E-state index contributed by atoms with van der Waals surface area (Å²) in [5.41, 5.74) is 7.25. The molecule has 0 bridgehead atoms. The SMILES string of the molecule is Cc1cc(-c2n[nH]c3cc4c(cc23)CN([C@@H]2CN(CC(F)F)C[C@H]2c2ccccc2)C(=O)N4)cc(C)n1. The van der Waals surface area contributed by atoms with Crippen LogP contribution in [0.2, 0.25) is 0 Å². The van der Waals surface area contributed by atoms with E-state index in [2.05, 4.69) is 26.6 Å². The number of aryl methyl sites for hydroxylation is 2. The molecular weight excluding hydrogens is 474 g/mol. The smallest absolute Gasteiger partial charge is 0.315 e. The first kappa shape index (κ1) is 23.5. The van der Waals surface area contributed by atoms with Crippen LogP contribution in [0.1, 0.15) is 28.4 Å². The van der Waals surface area contributed by atoms with Crippen molar-refractivity contribution in [2.75, 3.05) is 25.0 Å². The van der Waals surface area contributed by atoms with Gasteiger partial charge in [0.1, 0.15) is 5.69 Å². The number of amides is 2. The van der Waals surface area contributed by atoms with Crippen LogP contribution in [-0.2, 0) is 6.54 Å². The number of aromatic amines is 1. The van der Waals surface area contributed by atoms with E-state index in [1.54, 1.807) is 9.80 Å². The minimum absolute atomic E-state index is 0.0526. The fourth-order valence-corrected chi connectivity index (χ4v) is 5.81. The van der Waals surface area contributed by atoms with Crippen molar-refractivity contribution >= 4 is 22.6 Å². The zero-order chi connectivity index (χ0) is 25.7. The van der Waals surface area contributed by atoms with Gasteiger partial charge in [0.15, 0.2) is 0 Å². The first-order valence-corrected chi connectivity index (χ1v) is 12.5. The molecule has 7 nitrogen and oxygen atoms in total. The predicted octanol–water partition coefficient (Wildman–Crippen LogP) is 5.32. The summed E-state index contributed by atoms with van der Waals surface area (Å²) in [4.78, 5) is 21.3. The fraction of sp³-hybridized carbons (Fsp3) is 0.321. The second-order valence-corrected chi connectivity index (χ2v) is 10.0. The maximum Gasteiger partial charge on any atom is 0.322 e. The molecule has 9 heteroatoms. The number of fused-ring (bicyclic) bond motifs is 2. The highest BCUT2D eigenvalue weighted by atomic mass is 19.3. The number of likely N-dealkylation sites (tertiary alicyclic amines) is 1. The molecule has 2 amide bonds. The van der Waals surface area contributed by atoms with Gasteiger partial charge in [-0.2, -0.15) is 5.10 Å². The van der Waals surface area contributed by atoms with Crippen molar-refractivity contribution in [2.24, 2.45) is 0 Å². The number of urea groups is 1. The van der Waals surface area contributed by atoms with E-state index >= 15 is 0 Å². The fourth-order valence-electron chi connectivity index (χ4n) is 5.81. The number of aromatic nitrogens is 3.